The number of hydrogen-bond donors (Lipinski definition) is 1. The highest BCUT2D eigenvalue weighted by atomic mass is 32.2. The van der Waals surface area contributed by atoms with Crippen LogP contribution in [0.2, 0.25) is 0 Å². The molecule has 2 nitrogen and oxygen atoms in total. The lowest BCUT2D eigenvalue weighted by Crippen LogP contribution is -2.32. The highest BCUT2D eigenvalue weighted by molar-refractivity contribution is 7.85. The molecule has 1 saturated carbocycles. The molecule has 2 N–H and O–H groups in total. The molecule has 0 saturated heterocycles. The maximum atomic E-state index is 13.4. The normalized spacial score (nSPS) is 27.9. The predicted molar refractivity (Wildman–Crippen MR) is 58.4 cm³/mol. The molecule has 3 unspecified atom stereocenters. The first-order chi connectivity index (χ1) is 7.20. The molecule has 15 heavy (non-hydrogen) atoms. The third kappa shape index (κ3) is 2.11. The van der Waals surface area contributed by atoms with E-state index in [4.69, 9.17) is 5.73 Å². The van der Waals surface area contributed by atoms with Gasteiger partial charge in [0.25, 0.3) is 0 Å². The molecule has 1 aliphatic carbocycles. The minimum Gasteiger partial charge on any atom is -0.327 e. The largest absolute Gasteiger partial charge is 0.327 e. The Labute approximate surface area is 91.1 Å². The highest BCUT2D eigenvalue weighted by Gasteiger charge is 2.30. The Morgan fingerprint density at radius 3 is 2.67 bits per heavy atom. The quantitative estimate of drug-likeness (QED) is 0.837. The molecule has 1 aromatic carbocycles. The van der Waals surface area contributed by atoms with Crippen LogP contribution in [-0.4, -0.2) is 15.5 Å². The molecule has 0 amide bonds. The zero-order valence-corrected chi connectivity index (χ0v) is 9.17. The van der Waals surface area contributed by atoms with Gasteiger partial charge in [-0.3, -0.25) is 4.21 Å². The Hall–Kier alpha value is -0.740. The summed E-state index contributed by atoms with van der Waals surface area (Å²) < 4.78 is 25.5. The summed E-state index contributed by atoms with van der Waals surface area (Å²) in [6.07, 6.45) is 2.72. The number of benzene rings is 1. The van der Waals surface area contributed by atoms with Crippen LogP contribution >= 0.6 is 0 Å². The van der Waals surface area contributed by atoms with E-state index in [9.17, 15) is 8.60 Å². The molecule has 0 heterocycles. The van der Waals surface area contributed by atoms with E-state index in [1.54, 1.807) is 18.2 Å². The molecule has 1 aliphatic rings. The zero-order valence-electron chi connectivity index (χ0n) is 8.36. The molecule has 1 fully saturated rings. The van der Waals surface area contributed by atoms with Gasteiger partial charge in [-0.15, -0.1) is 0 Å². The van der Waals surface area contributed by atoms with Crippen LogP contribution < -0.4 is 5.73 Å². The van der Waals surface area contributed by atoms with Crippen molar-refractivity contribution in [3.05, 3.63) is 30.1 Å². The van der Waals surface area contributed by atoms with Crippen LogP contribution in [0, 0.1) is 5.82 Å². The fraction of sp³-hybridized carbons (Fsp3) is 0.455. The molecule has 4 heteroatoms. The van der Waals surface area contributed by atoms with Crippen LogP contribution in [0.25, 0.3) is 0 Å². The first-order valence-electron chi connectivity index (χ1n) is 5.11. The molecule has 3 atom stereocenters. The van der Waals surface area contributed by atoms with Gasteiger partial charge in [-0.2, -0.15) is 0 Å². The zero-order chi connectivity index (χ0) is 10.8. The van der Waals surface area contributed by atoms with Gasteiger partial charge in [-0.1, -0.05) is 18.6 Å². The van der Waals surface area contributed by atoms with Crippen molar-refractivity contribution >= 4 is 10.8 Å². The van der Waals surface area contributed by atoms with Crippen molar-refractivity contribution in [2.45, 2.75) is 35.4 Å². The van der Waals surface area contributed by atoms with E-state index in [1.807, 2.05) is 0 Å². The summed E-state index contributed by atoms with van der Waals surface area (Å²) in [6, 6.07) is 6.18. The molecular formula is C11H14FNOS. The number of hydrogen-bond acceptors (Lipinski definition) is 2. The topological polar surface area (TPSA) is 43.1 Å². The molecule has 1 aromatic rings. The van der Waals surface area contributed by atoms with E-state index < -0.39 is 16.6 Å². The van der Waals surface area contributed by atoms with Crippen LogP contribution in [0.5, 0.6) is 0 Å². The monoisotopic (exact) mass is 227 g/mol. The van der Waals surface area contributed by atoms with Crippen molar-refractivity contribution in [2.75, 3.05) is 0 Å². The van der Waals surface area contributed by atoms with Crippen LogP contribution in [0.3, 0.4) is 0 Å². The molecular weight excluding hydrogens is 213 g/mol. The SMILES string of the molecule is NC1CCCC1S(=O)c1ccccc1F. The van der Waals surface area contributed by atoms with Gasteiger partial charge >= 0.3 is 0 Å². The van der Waals surface area contributed by atoms with Gasteiger partial charge in [0, 0.05) is 6.04 Å². The van der Waals surface area contributed by atoms with Crippen molar-refractivity contribution in [1.29, 1.82) is 0 Å². The lowest BCUT2D eigenvalue weighted by atomic mass is 10.3. The fourth-order valence-corrected chi connectivity index (χ4v) is 3.62. The average Bonchev–Trinajstić information content (AvgIpc) is 2.64. The van der Waals surface area contributed by atoms with E-state index in [0.29, 0.717) is 4.90 Å². The molecule has 2 rings (SSSR count). The molecule has 0 aromatic heterocycles. The minimum atomic E-state index is -1.30. The maximum Gasteiger partial charge on any atom is 0.139 e. The summed E-state index contributed by atoms with van der Waals surface area (Å²) in [4.78, 5) is 0.292. The summed E-state index contributed by atoms with van der Waals surface area (Å²) in [5.74, 6) is -0.394. The Bertz CT molecular complexity index is 383. The van der Waals surface area contributed by atoms with Crippen LogP contribution in [0.1, 0.15) is 19.3 Å². The van der Waals surface area contributed by atoms with Gasteiger partial charge < -0.3 is 5.73 Å². The Morgan fingerprint density at radius 1 is 1.33 bits per heavy atom. The van der Waals surface area contributed by atoms with Gasteiger partial charge in [0.05, 0.1) is 20.9 Å². The lowest BCUT2D eigenvalue weighted by molar-refractivity contribution is 0.590. The van der Waals surface area contributed by atoms with Gasteiger partial charge in [-0.25, -0.2) is 4.39 Å². The molecule has 0 spiro atoms. The van der Waals surface area contributed by atoms with E-state index in [2.05, 4.69) is 0 Å². The predicted octanol–water partition coefficient (Wildman–Crippen LogP) is 1.81. The molecule has 0 radical (unpaired) electrons. The van der Waals surface area contributed by atoms with Crippen molar-refractivity contribution in [3.63, 3.8) is 0 Å². The summed E-state index contributed by atoms with van der Waals surface area (Å²) in [5.41, 5.74) is 5.85. The van der Waals surface area contributed by atoms with Crippen LogP contribution in [-0.2, 0) is 10.8 Å². The molecule has 82 valence electrons. The Morgan fingerprint density at radius 2 is 2.07 bits per heavy atom. The second-order valence-corrected chi connectivity index (χ2v) is 5.50. The van der Waals surface area contributed by atoms with Gasteiger partial charge in [0.15, 0.2) is 0 Å². The van der Waals surface area contributed by atoms with E-state index >= 15 is 0 Å². The van der Waals surface area contributed by atoms with Gasteiger partial charge in [0.2, 0.25) is 0 Å². The third-order valence-electron chi connectivity index (χ3n) is 2.83. The lowest BCUT2D eigenvalue weighted by Gasteiger charge is -2.15. The summed E-state index contributed by atoms with van der Waals surface area (Å²) >= 11 is 0. The van der Waals surface area contributed by atoms with Gasteiger partial charge in [-0.05, 0) is 25.0 Å². The summed E-state index contributed by atoms with van der Waals surface area (Å²) in [5, 5.41) is -0.0816. The maximum absolute atomic E-state index is 13.4. The van der Waals surface area contributed by atoms with Crippen molar-refractivity contribution in [1.82, 2.24) is 0 Å². The Kier molecular flexibility index (Phi) is 3.17. The van der Waals surface area contributed by atoms with Crippen molar-refractivity contribution in [3.8, 4) is 0 Å². The van der Waals surface area contributed by atoms with E-state index in [0.717, 1.165) is 19.3 Å². The minimum absolute atomic E-state index is 0.0505. The first kappa shape index (κ1) is 10.8. The van der Waals surface area contributed by atoms with Crippen molar-refractivity contribution < 1.29 is 8.60 Å². The number of nitrogens with two attached hydrogens (primary N) is 1. The fourth-order valence-electron chi connectivity index (χ4n) is 1.99. The summed E-state index contributed by atoms with van der Waals surface area (Å²) in [6.45, 7) is 0. The Balaban J connectivity index is 2.24. The average molecular weight is 227 g/mol. The highest BCUT2D eigenvalue weighted by Crippen LogP contribution is 2.27. The van der Waals surface area contributed by atoms with Crippen LogP contribution in [0.15, 0.2) is 29.2 Å². The third-order valence-corrected chi connectivity index (χ3v) is 4.73. The molecule has 0 aliphatic heterocycles. The van der Waals surface area contributed by atoms with E-state index in [-0.39, 0.29) is 11.3 Å². The first-order valence-corrected chi connectivity index (χ1v) is 6.32. The standard InChI is InChI=1S/C11H14FNOS/c12-8-4-1-2-6-10(8)15(14)11-7-3-5-9(11)13/h1-2,4,6,9,11H,3,5,7,13H2. The number of rotatable bonds is 2. The van der Waals surface area contributed by atoms with Crippen LogP contribution in [0.4, 0.5) is 4.39 Å². The summed E-state index contributed by atoms with van der Waals surface area (Å²) in [7, 11) is -1.30. The van der Waals surface area contributed by atoms with E-state index in [1.165, 1.54) is 6.07 Å². The van der Waals surface area contributed by atoms with Crippen molar-refractivity contribution in [2.24, 2.45) is 5.73 Å². The van der Waals surface area contributed by atoms with Gasteiger partial charge in [0.1, 0.15) is 5.82 Å². The molecule has 0 bridgehead atoms. The number of halogens is 1. The second kappa shape index (κ2) is 4.41. The second-order valence-electron chi connectivity index (χ2n) is 3.86. The smallest absolute Gasteiger partial charge is 0.139 e.